The van der Waals surface area contributed by atoms with Crippen molar-refractivity contribution in [3.05, 3.63) is 60.2 Å². The van der Waals surface area contributed by atoms with Gasteiger partial charge in [0.15, 0.2) is 0 Å². The summed E-state index contributed by atoms with van der Waals surface area (Å²) in [7, 11) is 0. The van der Waals surface area contributed by atoms with Crippen molar-refractivity contribution < 1.29 is 18.4 Å². The number of anilines is 2. The monoisotopic (exact) mass is 329 g/mol. The van der Waals surface area contributed by atoms with E-state index in [1.54, 1.807) is 30.3 Å². The predicted molar refractivity (Wildman–Crippen MR) is 85.6 cm³/mol. The zero-order chi connectivity index (χ0) is 17.1. The van der Waals surface area contributed by atoms with Crippen LogP contribution in [0.3, 0.4) is 0 Å². The second-order valence-corrected chi connectivity index (χ2v) is 5.17. The van der Waals surface area contributed by atoms with E-state index in [2.05, 4.69) is 10.4 Å². The van der Waals surface area contributed by atoms with Crippen LogP contribution in [0.5, 0.6) is 0 Å². The molecule has 5 nitrogen and oxygen atoms in total. The highest BCUT2D eigenvalue weighted by Gasteiger charge is 2.25. The van der Waals surface area contributed by atoms with Gasteiger partial charge in [-0.25, -0.2) is 13.8 Å². The van der Waals surface area contributed by atoms with E-state index in [9.17, 15) is 18.4 Å². The summed E-state index contributed by atoms with van der Waals surface area (Å²) in [5.41, 5.74) is 0.495. The number of nitrogens with zero attached hydrogens (tertiary/aromatic N) is 2. The molecule has 0 radical (unpaired) electrons. The van der Waals surface area contributed by atoms with E-state index in [-0.39, 0.29) is 30.1 Å². The van der Waals surface area contributed by atoms with Gasteiger partial charge >= 0.3 is 0 Å². The first-order valence-corrected chi connectivity index (χ1v) is 7.26. The Morgan fingerprint density at radius 3 is 2.54 bits per heavy atom. The van der Waals surface area contributed by atoms with Gasteiger partial charge < -0.3 is 5.32 Å². The first-order chi connectivity index (χ1) is 11.5. The van der Waals surface area contributed by atoms with Gasteiger partial charge in [-0.15, -0.1) is 0 Å². The Labute approximate surface area is 136 Å². The topological polar surface area (TPSA) is 61.8 Å². The van der Waals surface area contributed by atoms with Crippen LogP contribution in [0.25, 0.3) is 0 Å². The number of para-hydroxylation sites is 1. The van der Waals surface area contributed by atoms with Gasteiger partial charge in [0, 0.05) is 18.9 Å². The Kier molecular flexibility index (Phi) is 4.33. The summed E-state index contributed by atoms with van der Waals surface area (Å²) in [6, 6.07) is 11.5. The molecule has 2 amide bonds. The van der Waals surface area contributed by atoms with Gasteiger partial charge in [-0.3, -0.25) is 9.59 Å². The molecule has 0 bridgehead atoms. The van der Waals surface area contributed by atoms with E-state index in [1.807, 2.05) is 0 Å². The molecular formula is C17H13F2N3O2. The molecule has 2 aromatic carbocycles. The highest BCUT2D eigenvalue weighted by molar-refractivity contribution is 6.44. The molecule has 0 aromatic heterocycles. The fraction of sp³-hybridized carbons (Fsp3) is 0.118. The Morgan fingerprint density at radius 2 is 1.83 bits per heavy atom. The minimum Gasteiger partial charge on any atom is -0.318 e. The van der Waals surface area contributed by atoms with Crippen molar-refractivity contribution in [3.8, 4) is 0 Å². The Morgan fingerprint density at radius 1 is 1.08 bits per heavy atom. The van der Waals surface area contributed by atoms with Crippen molar-refractivity contribution in [1.82, 2.24) is 0 Å². The maximum atomic E-state index is 13.6. The molecular weight excluding hydrogens is 316 g/mol. The third-order valence-corrected chi connectivity index (χ3v) is 3.47. The van der Waals surface area contributed by atoms with Crippen LogP contribution >= 0.6 is 0 Å². The minimum absolute atomic E-state index is 0.0992. The fourth-order valence-electron chi connectivity index (χ4n) is 2.27. The second kappa shape index (κ2) is 6.57. The van der Waals surface area contributed by atoms with Gasteiger partial charge in [-0.1, -0.05) is 18.2 Å². The van der Waals surface area contributed by atoms with Crippen molar-refractivity contribution in [3.63, 3.8) is 0 Å². The molecule has 0 atom stereocenters. The fourth-order valence-corrected chi connectivity index (χ4v) is 2.27. The SMILES string of the molecule is O=C(Nc1ccc(F)cc1F)C1=NN(c2ccccc2)C(=O)CC1. The van der Waals surface area contributed by atoms with Crippen LogP contribution in [-0.4, -0.2) is 17.5 Å². The quantitative estimate of drug-likeness (QED) is 0.940. The number of amides is 2. The lowest BCUT2D eigenvalue weighted by molar-refractivity contribution is -0.118. The molecule has 122 valence electrons. The van der Waals surface area contributed by atoms with Gasteiger partial charge in [-0.05, 0) is 24.3 Å². The average molecular weight is 329 g/mol. The van der Waals surface area contributed by atoms with E-state index in [1.165, 1.54) is 0 Å². The van der Waals surface area contributed by atoms with Crippen LogP contribution in [0.15, 0.2) is 53.6 Å². The summed E-state index contributed by atoms with van der Waals surface area (Å²) in [5, 5.41) is 7.57. The van der Waals surface area contributed by atoms with Crippen molar-refractivity contribution in [2.45, 2.75) is 12.8 Å². The lowest BCUT2D eigenvalue weighted by Crippen LogP contribution is -2.36. The molecule has 1 N–H and O–H groups in total. The lowest BCUT2D eigenvalue weighted by atomic mass is 10.1. The van der Waals surface area contributed by atoms with E-state index < -0.39 is 17.5 Å². The normalized spacial score (nSPS) is 14.3. The maximum absolute atomic E-state index is 13.6. The molecule has 1 heterocycles. The zero-order valence-electron chi connectivity index (χ0n) is 12.5. The summed E-state index contributed by atoms with van der Waals surface area (Å²) >= 11 is 0. The Hall–Kier alpha value is -3.09. The maximum Gasteiger partial charge on any atom is 0.271 e. The van der Waals surface area contributed by atoms with Crippen LogP contribution in [-0.2, 0) is 9.59 Å². The number of carbonyl (C=O) groups is 2. The summed E-state index contributed by atoms with van der Waals surface area (Å²) in [4.78, 5) is 24.2. The molecule has 24 heavy (non-hydrogen) atoms. The predicted octanol–water partition coefficient (Wildman–Crippen LogP) is 3.09. The van der Waals surface area contributed by atoms with Crippen LogP contribution in [0.4, 0.5) is 20.2 Å². The number of carbonyl (C=O) groups excluding carboxylic acids is 2. The van der Waals surface area contributed by atoms with Crippen LogP contribution < -0.4 is 10.3 Å². The summed E-state index contributed by atoms with van der Waals surface area (Å²) in [6.07, 6.45) is 0.268. The van der Waals surface area contributed by atoms with Crippen molar-refractivity contribution >= 4 is 28.9 Å². The smallest absolute Gasteiger partial charge is 0.271 e. The molecule has 3 rings (SSSR count). The van der Waals surface area contributed by atoms with E-state index >= 15 is 0 Å². The lowest BCUT2D eigenvalue weighted by Gasteiger charge is -2.23. The van der Waals surface area contributed by atoms with Crippen molar-refractivity contribution in [2.75, 3.05) is 10.3 Å². The standard InChI is InChI=1S/C17H13F2N3O2/c18-11-6-7-14(13(19)10-11)20-17(24)15-8-9-16(23)22(21-15)12-4-2-1-3-5-12/h1-7,10H,8-9H2,(H,20,24). The molecule has 2 aromatic rings. The molecule has 0 fully saturated rings. The molecule has 0 saturated carbocycles. The third-order valence-electron chi connectivity index (χ3n) is 3.47. The molecule has 0 saturated heterocycles. The van der Waals surface area contributed by atoms with Crippen LogP contribution in [0.2, 0.25) is 0 Å². The van der Waals surface area contributed by atoms with Crippen molar-refractivity contribution in [2.24, 2.45) is 5.10 Å². The number of hydrogen-bond donors (Lipinski definition) is 1. The van der Waals surface area contributed by atoms with E-state index in [0.29, 0.717) is 11.8 Å². The van der Waals surface area contributed by atoms with Crippen LogP contribution in [0.1, 0.15) is 12.8 Å². The first-order valence-electron chi connectivity index (χ1n) is 7.26. The van der Waals surface area contributed by atoms with Gasteiger partial charge in [0.25, 0.3) is 5.91 Å². The van der Waals surface area contributed by atoms with Gasteiger partial charge in [0.2, 0.25) is 5.91 Å². The number of benzene rings is 2. The van der Waals surface area contributed by atoms with Gasteiger partial charge in [0.1, 0.15) is 17.3 Å². The molecule has 0 aliphatic carbocycles. The summed E-state index contributed by atoms with van der Waals surface area (Å²) in [5.74, 6) is -2.48. The minimum atomic E-state index is -0.879. The molecule has 1 aliphatic heterocycles. The Bertz CT molecular complexity index is 822. The third kappa shape index (κ3) is 3.29. The largest absolute Gasteiger partial charge is 0.318 e. The van der Waals surface area contributed by atoms with E-state index in [0.717, 1.165) is 17.1 Å². The summed E-state index contributed by atoms with van der Waals surface area (Å²) < 4.78 is 26.5. The van der Waals surface area contributed by atoms with Gasteiger partial charge in [-0.2, -0.15) is 5.10 Å². The van der Waals surface area contributed by atoms with Crippen LogP contribution in [0, 0.1) is 11.6 Å². The molecule has 0 spiro atoms. The number of hydrazone groups is 1. The number of rotatable bonds is 3. The summed E-state index contributed by atoms with van der Waals surface area (Å²) in [6.45, 7) is 0. The number of hydrogen-bond acceptors (Lipinski definition) is 3. The molecule has 0 unspecified atom stereocenters. The van der Waals surface area contributed by atoms with Crippen molar-refractivity contribution in [1.29, 1.82) is 0 Å². The first kappa shape index (κ1) is 15.8. The number of halogens is 2. The average Bonchev–Trinajstić information content (AvgIpc) is 2.58. The van der Waals surface area contributed by atoms with E-state index in [4.69, 9.17) is 0 Å². The second-order valence-electron chi connectivity index (χ2n) is 5.17. The molecule has 7 heteroatoms. The van der Waals surface area contributed by atoms with Gasteiger partial charge in [0.05, 0.1) is 11.4 Å². The Balaban J connectivity index is 1.82. The number of nitrogens with one attached hydrogen (secondary N) is 1. The highest BCUT2D eigenvalue weighted by atomic mass is 19.1. The zero-order valence-corrected chi connectivity index (χ0v) is 12.5. The highest BCUT2D eigenvalue weighted by Crippen LogP contribution is 2.21. The molecule has 1 aliphatic rings.